The summed E-state index contributed by atoms with van der Waals surface area (Å²) >= 11 is 0. The van der Waals surface area contributed by atoms with Gasteiger partial charge in [-0.15, -0.1) is 0 Å². The van der Waals surface area contributed by atoms with E-state index in [2.05, 4.69) is 10.3 Å². The Morgan fingerprint density at radius 3 is 2.77 bits per heavy atom. The Hall–Kier alpha value is -2.65. The third kappa shape index (κ3) is 4.70. The van der Waals surface area contributed by atoms with Gasteiger partial charge in [0.05, 0.1) is 12.8 Å². The van der Waals surface area contributed by atoms with Crippen LogP contribution in [0, 0.1) is 0 Å². The summed E-state index contributed by atoms with van der Waals surface area (Å²) in [6.45, 7) is 0.269. The van der Waals surface area contributed by atoms with Crippen molar-refractivity contribution in [2.45, 2.75) is 13.1 Å². The van der Waals surface area contributed by atoms with Gasteiger partial charge in [0.15, 0.2) is 11.5 Å². The second-order valence-electron chi connectivity index (χ2n) is 5.86. The molecule has 0 aliphatic carbocycles. The summed E-state index contributed by atoms with van der Waals surface area (Å²) in [6.07, 6.45) is 4.25. The minimum absolute atomic E-state index is 0.0874. The molecule has 9 heteroatoms. The summed E-state index contributed by atoms with van der Waals surface area (Å²) in [7, 11) is -3.54. The van der Waals surface area contributed by atoms with E-state index < -0.39 is 15.9 Å². The van der Waals surface area contributed by atoms with Crippen molar-refractivity contribution in [3.05, 3.63) is 53.9 Å². The maximum atomic E-state index is 12.2. The van der Waals surface area contributed by atoms with Crippen LogP contribution >= 0.6 is 0 Å². The number of carbonyl (C=O) groups excluding carboxylic acids is 1. The van der Waals surface area contributed by atoms with Crippen LogP contribution in [0.15, 0.2) is 42.7 Å². The van der Waals surface area contributed by atoms with Crippen LogP contribution in [0.3, 0.4) is 0 Å². The maximum Gasteiger partial charge on any atom is 0.235 e. The lowest BCUT2D eigenvalue weighted by atomic mass is 10.2. The van der Waals surface area contributed by atoms with E-state index in [4.69, 9.17) is 9.47 Å². The second-order valence-corrected chi connectivity index (χ2v) is 7.84. The first-order valence-electron chi connectivity index (χ1n) is 7.91. The fourth-order valence-corrected chi connectivity index (χ4v) is 3.19. The first kappa shape index (κ1) is 18.2. The van der Waals surface area contributed by atoms with Crippen LogP contribution in [-0.2, 0) is 27.9 Å². The molecule has 1 N–H and O–H groups in total. The minimum Gasteiger partial charge on any atom is -0.454 e. The highest BCUT2D eigenvalue weighted by Gasteiger charge is 2.21. The maximum absolute atomic E-state index is 12.2. The van der Waals surface area contributed by atoms with Crippen LogP contribution in [-0.4, -0.2) is 43.2 Å². The molecule has 3 rings (SSSR count). The van der Waals surface area contributed by atoms with Crippen molar-refractivity contribution >= 4 is 15.9 Å². The van der Waals surface area contributed by atoms with Gasteiger partial charge in [0.1, 0.15) is 0 Å². The van der Waals surface area contributed by atoms with Crippen LogP contribution in [0.2, 0.25) is 0 Å². The number of sulfonamides is 1. The average molecular weight is 377 g/mol. The Morgan fingerprint density at radius 2 is 2.04 bits per heavy atom. The number of ether oxygens (including phenoxy) is 2. The Morgan fingerprint density at radius 1 is 1.23 bits per heavy atom. The van der Waals surface area contributed by atoms with Gasteiger partial charge in [0.25, 0.3) is 0 Å². The highest BCUT2D eigenvalue weighted by molar-refractivity contribution is 7.88. The SMILES string of the molecule is CS(=O)(=O)N(CC(=O)NCc1ccc2c(c1)OCO2)Cc1cccnc1. The summed E-state index contributed by atoms with van der Waals surface area (Å²) in [6, 6.07) is 8.85. The molecule has 26 heavy (non-hydrogen) atoms. The molecule has 0 atom stereocenters. The summed E-state index contributed by atoms with van der Waals surface area (Å²) in [5.41, 5.74) is 1.54. The van der Waals surface area contributed by atoms with E-state index >= 15 is 0 Å². The molecular formula is C17H19N3O5S. The van der Waals surface area contributed by atoms with E-state index in [9.17, 15) is 13.2 Å². The number of amides is 1. The molecule has 0 fully saturated rings. The Bertz CT molecular complexity index is 887. The van der Waals surface area contributed by atoms with Gasteiger partial charge in [-0.3, -0.25) is 9.78 Å². The number of benzene rings is 1. The number of aromatic nitrogens is 1. The molecule has 1 aromatic heterocycles. The van der Waals surface area contributed by atoms with Crippen LogP contribution in [0.5, 0.6) is 11.5 Å². The first-order chi connectivity index (χ1) is 12.4. The molecule has 2 heterocycles. The van der Waals surface area contributed by atoms with Crippen LogP contribution in [0.1, 0.15) is 11.1 Å². The van der Waals surface area contributed by atoms with Gasteiger partial charge in [0.2, 0.25) is 22.7 Å². The van der Waals surface area contributed by atoms with Gasteiger partial charge in [0, 0.05) is 25.5 Å². The lowest BCUT2D eigenvalue weighted by Gasteiger charge is -2.19. The van der Waals surface area contributed by atoms with Crippen LogP contribution < -0.4 is 14.8 Å². The fraction of sp³-hybridized carbons (Fsp3) is 0.294. The summed E-state index contributed by atoms with van der Waals surface area (Å²) in [4.78, 5) is 16.2. The molecular weight excluding hydrogens is 358 g/mol. The number of nitrogens with zero attached hydrogens (tertiary/aromatic N) is 2. The molecule has 0 spiro atoms. The van der Waals surface area contributed by atoms with Gasteiger partial charge in [-0.05, 0) is 29.3 Å². The van der Waals surface area contributed by atoms with Crippen LogP contribution in [0.4, 0.5) is 0 Å². The molecule has 0 radical (unpaired) electrons. The third-order valence-electron chi connectivity index (χ3n) is 3.80. The predicted octanol–water partition coefficient (Wildman–Crippen LogP) is 0.888. The number of pyridine rings is 1. The highest BCUT2D eigenvalue weighted by atomic mass is 32.2. The molecule has 1 amide bonds. The van der Waals surface area contributed by atoms with Crippen molar-refractivity contribution in [1.29, 1.82) is 0 Å². The van der Waals surface area contributed by atoms with E-state index in [1.54, 1.807) is 36.7 Å². The number of hydrogen-bond donors (Lipinski definition) is 1. The third-order valence-corrected chi connectivity index (χ3v) is 4.99. The van der Waals surface area contributed by atoms with E-state index in [1.165, 1.54) is 0 Å². The average Bonchev–Trinajstić information content (AvgIpc) is 3.07. The number of rotatable bonds is 7. The molecule has 0 saturated carbocycles. The van der Waals surface area contributed by atoms with Crippen molar-refractivity contribution in [1.82, 2.24) is 14.6 Å². The van der Waals surface area contributed by atoms with Gasteiger partial charge in [-0.1, -0.05) is 12.1 Å². The summed E-state index contributed by atoms with van der Waals surface area (Å²) in [5, 5.41) is 2.72. The second kappa shape index (κ2) is 7.71. The largest absolute Gasteiger partial charge is 0.454 e. The smallest absolute Gasteiger partial charge is 0.235 e. The summed E-state index contributed by atoms with van der Waals surface area (Å²) < 4.78 is 35.6. The number of carbonyl (C=O) groups is 1. The molecule has 1 aromatic carbocycles. The van der Waals surface area contributed by atoms with Crippen molar-refractivity contribution < 1.29 is 22.7 Å². The molecule has 8 nitrogen and oxygen atoms in total. The van der Waals surface area contributed by atoms with Gasteiger partial charge in [-0.2, -0.15) is 4.31 Å². The van der Waals surface area contributed by atoms with Gasteiger partial charge < -0.3 is 14.8 Å². The normalized spacial score (nSPS) is 13.0. The quantitative estimate of drug-likeness (QED) is 0.770. The molecule has 2 aromatic rings. The lowest BCUT2D eigenvalue weighted by Crippen LogP contribution is -2.39. The van der Waals surface area contributed by atoms with Crippen LogP contribution in [0.25, 0.3) is 0 Å². The van der Waals surface area contributed by atoms with Gasteiger partial charge >= 0.3 is 0 Å². The molecule has 0 bridgehead atoms. The zero-order valence-corrected chi connectivity index (χ0v) is 15.0. The fourth-order valence-electron chi connectivity index (χ4n) is 2.45. The zero-order valence-electron chi connectivity index (χ0n) is 14.2. The topological polar surface area (TPSA) is 97.8 Å². The van der Waals surface area contributed by atoms with E-state index in [1.807, 2.05) is 6.07 Å². The van der Waals surface area contributed by atoms with Crippen molar-refractivity contribution in [3.8, 4) is 11.5 Å². The molecule has 138 valence electrons. The predicted molar refractivity (Wildman–Crippen MR) is 93.9 cm³/mol. The molecule has 1 aliphatic heterocycles. The Labute approximate surface area is 151 Å². The standard InChI is InChI=1S/C17H19N3O5S/c1-26(22,23)20(10-14-3-2-6-18-8-14)11-17(21)19-9-13-4-5-15-16(7-13)25-12-24-15/h2-8H,9-12H2,1H3,(H,19,21). The van der Waals surface area contributed by atoms with Gasteiger partial charge in [-0.25, -0.2) is 8.42 Å². The van der Waals surface area contributed by atoms with Crippen molar-refractivity contribution in [3.63, 3.8) is 0 Å². The highest BCUT2D eigenvalue weighted by Crippen LogP contribution is 2.32. The van der Waals surface area contributed by atoms with Crippen molar-refractivity contribution in [2.75, 3.05) is 19.6 Å². The number of fused-ring (bicyclic) bond motifs is 1. The lowest BCUT2D eigenvalue weighted by molar-refractivity contribution is -0.121. The number of hydrogen-bond acceptors (Lipinski definition) is 6. The Kier molecular flexibility index (Phi) is 5.38. The molecule has 0 unspecified atom stereocenters. The van der Waals surface area contributed by atoms with Crippen molar-refractivity contribution in [2.24, 2.45) is 0 Å². The molecule has 1 aliphatic rings. The van der Waals surface area contributed by atoms with E-state index in [0.717, 1.165) is 16.1 Å². The Balaban J connectivity index is 1.59. The monoisotopic (exact) mass is 377 g/mol. The van der Waals surface area contributed by atoms with E-state index in [-0.39, 0.29) is 26.4 Å². The zero-order chi connectivity index (χ0) is 18.6. The first-order valence-corrected chi connectivity index (χ1v) is 9.76. The van der Waals surface area contributed by atoms with E-state index in [0.29, 0.717) is 17.1 Å². The molecule has 0 saturated heterocycles. The summed E-state index contributed by atoms with van der Waals surface area (Å²) in [5.74, 6) is 0.905. The minimum atomic E-state index is -3.54. The number of nitrogens with one attached hydrogen (secondary N) is 1.